The second-order valence-corrected chi connectivity index (χ2v) is 5.15. The number of hydrogen-bond acceptors (Lipinski definition) is 3. The Labute approximate surface area is 107 Å². The maximum Gasteiger partial charge on any atom is 0.251 e. The van der Waals surface area contributed by atoms with E-state index in [0.717, 1.165) is 18.1 Å². The Morgan fingerprint density at radius 3 is 2.59 bits per heavy atom. The maximum atomic E-state index is 12.0. The molecule has 1 rings (SSSR count). The number of nitrogens with zero attached hydrogens (tertiary/aromatic N) is 2. The van der Waals surface area contributed by atoms with Gasteiger partial charge < -0.3 is 4.90 Å². The zero-order valence-electron chi connectivity index (χ0n) is 10.9. The molecule has 3 nitrogen and oxygen atoms in total. The Bertz CT molecular complexity index is 396. The molecule has 1 heterocycles. The first-order chi connectivity index (χ1) is 8.04. The van der Waals surface area contributed by atoms with Gasteiger partial charge in [-0.15, -0.1) is 11.3 Å². The summed E-state index contributed by atoms with van der Waals surface area (Å²) in [6.07, 6.45) is 3.40. The third kappa shape index (κ3) is 4.32. The summed E-state index contributed by atoms with van der Waals surface area (Å²) in [6.45, 7) is 5.49. The fraction of sp³-hybridized carbons (Fsp3) is 0.462. The minimum atomic E-state index is 0.0520. The molecule has 0 aliphatic carbocycles. The lowest BCUT2D eigenvalue weighted by molar-refractivity contribution is -0.114. The van der Waals surface area contributed by atoms with Gasteiger partial charge in [0.25, 0.3) is 5.91 Å². The van der Waals surface area contributed by atoms with E-state index in [1.165, 1.54) is 5.56 Å². The third-order valence-corrected chi connectivity index (χ3v) is 3.40. The molecule has 0 fully saturated rings. The van der Waals surface area contributed by atoms with Crippen LogP contribution in [0.3, 0.4) is 0 Å². The Kier molecular flexibility index (Phi) is 5.38. The smallest absolute Gasteiger partial charge is 0.251 e. The highest BCUT2D eigenvalue weighted by atomic mass is 32.1. The number of aryl methyl sites for hydroxylation is 1. The monoisotopic (exact) mass is 252 g/mol. The van der Waals surface area contributed by atoms with E-state index in [1.807, 2.05) is 32.8 Å². The second kappa shape index (κ2) is 6.57. The van der Waals surface area contributed by atoms with Crippen molar-refractivity contribution in [3.8, 4) is 0 Å². The third-order valence-electron chi connectivity index (χ3n) is 2.33. The fourth-order valence-corrected chi connectivity index (χ4v) is 2.36. The summed E-state index contributed by atoms with van der Waals surface area (Å²) in [5.74, 6) is 0.0520. The number of carbonyl (C=O) groups is 1. The van der Waals surface area contributed by atoms with Crippen LogP contribution in [0.5, 0.6) is 0 Å². The van der Waals surface area contributed by atoms with Crippen LogP contribution >= 0.6 is 11.3 Å². The van der Waals surface area contributed by atoms with E-state index in [1.54, 1.807) is 23.5 Å². The second-order valence-electron chi connectivity index (χ2n) is 4.26. The lowest BCUT2D eigenvalue weighted by Gasteiger charge is -2.21. The molecule has 0 aliphatic heterocycles. The van der Waals surface area contributed by atoms with E-state index >= 15 is 0 Å². The molecule has 0 saturated heterocycles. The minimum absolute atomic E-state index is 0.0520. The molecule has 0 spiro atoms. The summed E-state index contributed by atoms with van der Waals surface area (Å²) in [4.78, 5) is 15.9. The van der Waals surface area contributed by atoms with E-state index in [0.29, 0.717) is 0 Å². The Morgan fingerprint density at radius 1 is 1.41 bits per heavy atom. The van der Waals surface area contributed by atoms with Crippen molar-refractivity contribution in [2.75, 3.05) is 32.1 Å². The highest BCUT2D eigenvalue weighted by Gasteiger charge is 2.14. The van der Waals surface area contributed by atoms with Gasteiger partial charge in [0, 0.05) is 13.1 Å². The van der Waals surface area contributed by atoms with Gasteiger partial charge in [0.1, 0.15) is 0 Å². The molecule has 17 heavy (non-hydrogen) atoms. The van der Waals surface area contributed by atoms with Crippen LogP contribution in [0, 0.1) is 6.92 Å². The van der Waals surface area contributed by atoms with Crippen LogP contribution in [-0.2, 0) is 4.79 Å². The molecule has 94 valence electrons. The van der Waals surface area contributed by atoms with Gasteiger partial charge in [-0.3, -0.25) is 9.69 Å². The molecule has 0 saturated carbocycles. The molecule has 0 radical (unpaired) electrons. The van der Waals surface area contributed by atoms with Crippen LogP contribution in [-0.4, -0.2) is 38.0 Å². The zero-order valence-corrected chi connectivity index (χ0v) is 11.8. The molecule has 1 aromatic heterocycles. The summed E-state index contributed by atoms with van der Waals surface area (Å²) in [5, 5.41) is 3.09. The van der Waals surface area contributed by atoms with Crippen molar-refractivity contribution in [2.24, 2.45) is 0 Å². The van der Waals surface area contributed by atoms with Crippen molar-refractivity contribution in [1.82, 2.24) is 4.90 Å². The van der Waals surface area contributed by atoms with Gasteiger partial charge in [0.05, 0.1) is 5.00 Å². The van der Waals surface area contributed by atoms with Crippen molar-refractivity contribution in [2.45, 2.75) is 13.8 Å². The maximum absolute atomic E-state index is 12.0. The molecule has 0 unspecified atom stereocenters. The Morgan fingerprint density at radius 2 is 2.12 bits per heavy atom. The van der Waals surface area contributed by atoms with Gasteiger partial charge in [0.15, 0.2) is 0 Å². The first-order valence-electron chi connectivity index (χ1n) is 5.68. The van der Waals surface area contributed by atoms with Crippen molar-refractivity contribution in [1.29, 1.82) is 0 Å². The molecule has 0 bridgehead atoms. The van der Waals surface area contributed by atoms with Crippen molar-refractivity contribution < 1.29 is 4.79 Å². The van der Waals surface area contributed by atoms with Gasteiger partial charge in [-0.1, -0.05) is 6.08 Å². The van der Waals surface area contributed by atoms with Gasteiger partial charge >= 0.3 is 0 Å². The number of hydrogen-bond donors (Lipinski definition) is 0. The average Bonchev–Trinajstić information content (AvgIpc) is 2.65. The summed E-state index contributed by atoms with van der Waals surface area (Å²) in [6, 6.07) is 2.06. The highest BCUT2D eigenvalue weighted by molar-refractivity contribution is 7.14. The SMILES string of the molecule is C/C=C/C(=O)N(CCN(C)C)c1cc(C)cs1. The number of amides is 1. The number of thiophene rings is 1. The summed E-state index contributed by atoms with van der Waals surface area (Å²) in [5.41, 5.74) is 1.20. The highest BCUT2D eigenvalue weighted by Crippen LogP contribution is 2.24. The molecule has 1 aromatic rings. The number of anilines is 1. The number of likely N-dealkylation sites (N-methyl/N-ethyl adjacent to an activating group) is 1. The summed E-state index contributed by atoms with van der Waals surface area (Å²) >= 11 is 1.62. The molecule has 0 aromatic carbocycles. The topological polar surface area (TPSA) is 23.6 Å². The lowest BCUT2D eigenvalue weighted by atomic mass is 10.3. The number of rotatable bonds is 5. The van der Waals surface area contributed by atoms with Gasteiger partial charge in [-0.25, -0.2) is 0 Å². The number of allylic oxidation sites excluding steroid dienone is 1. The van der Waals surface area contributed by atoms with Crippen LogP contribution in [0.4, 0.5) is 5.00 Å². The minimum Gasteiger partial charge on any atom is -0.308 e. The Hall–Kier alpha value is -1.13. The van der Waals surface area contributed by atoms with Crippen LogP contribution in [0.15, 0.2) is 23.6 Å². The molecular formula is C13H20N2OS. The van der Waals surface area contributed by atoms with E-state index in [2.05, 4.69) is 16.3 Å². The van der Waals surface area contributed by atoms with Gasteiger partial charge in [-0.2, -0.15) is 0 Å². The van der Waals surface area contributed by atoms with Crippen molar-refractivity contribution >= 4 is 22.2 Å². The standard InChI is InChI=1S/C13H20N2OS/c1-5-6-12(16)15(8-7-14(3)4)13-9-11(2)10-17-13/h5-6,9-10H,7-8H2,1-4H3/b6-5+. The number of carbonyl (C=O) groups excluding carboxylic acids is 1. The van der Waals surface area contributed by atoms with Gasteiger partial charge in [-0.05, 0) is 51.0 Å². The average molecular weight is 252 g/mol. The van der Waals surface area contributed by atoms with E-state index < -0.39 is 0 Å². The summed E-state index contributed by atoms with van der Waals surface area (Å²) < 4.78 is 0. The predicted molar refractivity (Wildman–Crippen MR) is 74.8 cm³/mol. The molecule has 1 amide bonds. The summed E-state index contributed by atoms with van der Waals surface area (Å²) in [7, 11) is 4.02. The normalized spacial score (nSPS) is 11.4. The van der Waals surface area contributed by atoms with Crippen molar-refractivity contribution in [3.05, 3.63) is 29.2 Å². The molecule has 0 atom stereocenters. The first kappa shape index (κ1) is 13.9. The molecular weight excluding hydrogens is 232 g/mol. The quantitative estimate of drug-likeness (QED) is 0.752. The van der Waals surface area contributed by atoms with Crippen molar-refractivity contribution in [3.63, 3.8) is 0 Å². The van der Waals surface area contributed by atoms with Gasteiger partial charge in [0.2, 0.25) is 0 Å². The lowest BCUT2D eigenvalue weighted by Crippen LogP contribution is -2.35. The van der Waals surface area contributed by atoms with Crippen LogP contribution < -0.4 is 4.90 Å². The molecule has 0 aliphatic rings. The van der Waals surface area contributed by atoms with E-state index in [9.17, 15) is 4.79 Å². The fourth-order valence-electron chi connectivity index (χ4n) is 1.42. The molecule has 4 heteroatoms. The van der Waals surface area contributed by atoms with Crippen LogP contribution in [0.25, 0.3) is 0 Å². The molecule has 0 N–H and O–H groups in total. The zero-order chi connectivity index (χ0) is 12.8. The van der Waals surface area contributed by atoms with Crippen LogP contribution in [0.2, 0.25) is 0 Å². The largest absolute Gasteiger partial charge is 0.308 e. The predicted octanol–water partition coefficient (Wildman–Crippen LogP) is 2.53. The van der Waals surface area contributed by atoms with Crippen LogP contribution in [0.1, 0.15) is 12.5 Å². The first-order valence-corrected chi connectivity index (χ1v) is 6.56. The van der Waals surface area contributed by atoms with E-state index in [4.69, 9.17) is 0 Å². The van der Waals surface area contributed by atoms with E-state index in [-0.39, 0.29) is 5.91 Å². The Balaban J connectivity index is 2.82.